The quantitative estimate of drug-likeness (QED) is 0.432. The van der Waals surface area contributed by atoms with Crippen molar-refractivity contribution in [2.24, 2.45) is 0 Å². The molecule has 4 N–H and O–H groups in total. The molecule has 0 unspecified atom stereocenters. The third-order valence-electron chi connectivity index (χ3n) is 2.55. The van der Waals surface area contributed by atoms with Crippen LogP contribution in [0.4, 0.5) is 0 Å². The standard InChI is InChI=1S/C10H18O7/c1-2-3-6(12)17-10-9(15)8(14)7(13)5(4-11)16-10/h5,7-11,13-15H,2-4H2,1H3/t5-,7-,8+,9+,10-/m1/s1. The topological polar surface area (TPSA) is 116 Å². The van der Waals surface area contributed by atoms with Crippen molar-refractivity contribution >= 4 is 5.97 Å². The van der Waals surface area contributed by atoms with Gasteiger partial charge in [0, 0.05) is 6.42 Å². The molecule has 0 aliphatic carbocycles. The molecule has 1 rings (SSSR count). The first-order valence-corrected chi connectivity index (χ1v) is 5.51. The number of hydrogen-bond donors (Lipinski definition) is 4. The molecule has 100 valence electrons. The smallest absolute Gasteiger partial charge is 0.308 e. The van der Waals surface area contributed by atoms with Crippen molar-refractivity contribution in [3.8, 4) is 0 Å². The van der Waals surface area contributed by atoms with Crippen molar-refractivity contribution in [1.82, 2.24) is 0 Å². The van der Waals surface area contributed by atoms with Gasteiger partial charge in [-0.2, -0.15) is 0 Å². The molecule has 0 bridgehead atoms. The summed E-state index contributed by atoms with van der Waals surface area (Å²) in [5.74, 6) is -0.572. The van der Waals surface area contributed by atoms with Gasteiger partial charge in [-0.3, -0.25) is 4.79 Å². The molecule has 1 aliphatic rings. The van der Waals surface area contributed by atoms with E-state index in [9.17, 15) is 20.1 Å². The monoisotopic (exact) mass is 250 g/mol. The van der Waals surface area contributed by atoms with Gasteiger partial charge in [-0.25, -0.2) is 0 Å². The molecule has 0 amide bonds. The van der Waals surface area contributed by atoms with E-state index in [1.54, 1.807) is 6.92 Å². The number of aliphatic hydroxyl groups is 4. The van der Waals surface area contributed by atoms with E-state index >= 15 is 0 Å². The molecule has 0 aromatic rings. The summed E-state index contributed by atoms with van der Waals surface area (Å²) in [6.45, 7) is 1.24. The Kier molecular flexibility index (Phi) is 5.29. The van der Waals surface area contributed by atoms with Crippen LogP contribution in [-0.4, -0.2) is 63.7 Å². The van der Waals surface area contributed by atoms with E-state index < -0.39 is 43.3 Å². The van der Waals surface area contributed by atoms with Gasteiger partial charge >= 0.3 is 5.97 Å². The van der Waals surface area contributed by atoms with Gasteiger partial charge in [-0.1, -0.05) is 6.92 Å². The molecule has 7 heteroatoms. The Morgan fingerprint density at radius 1 is 1.24 bits per heavy atom. The third kappa shape index (κ3) is 3.36. The number of rotatable bonds is 4. The van der Waals surface area contributed by atoms with Crippen LogP contribution < -0.4 is 0 Å². The molecule has 0 saturated carbocycles. The lowest BCUT2D eigenvalue weighted by molar-refractivity contribution is -0.292. The van der Waals surface area contributed by atoms with Crippen LogP contribution in [0.5, 0.6) is 0 Å². The van der Waals surface area contributed by atoms with Crippen LogP contribution in [0.3, 0.4) is 0 Å². The van der Waals surface area contributed by atoms with E-state index in [0.717, 1.165) is 0 Å². The predicted molar refractivity (Wildman–Crippen MR) is 54.8 cm³/mol. The SMILES string of the molecule is CCCC(=O)O[C@H]1O[C@H](CO)[C@@H](O)[C@H](O)[C@@H]1O. The maximum absolute atomic E-state index is 11.2. The summed E-state index contributed by atoms with van der Waals surface area (Å²) < 4.78 is 9.80. The summed E-state index contributed by atoms with van der Waals surface area (Å²) in [6, 6.07) is 0. The fourth-order valence-electron chi connectivity index (χ4n) is 1.56. The predicted octanol–water partition coefficient (Wildman–Crippen LogP) is -1.87. The normalized spacial score (nSPS) is 37.8. The maximum Gasteiger partial charge on any atom is 0.308 e. The molecular weight excluding hydrogens is 232 g/mol. The Morgan fingerprint density at radius 2 is 1.88 bits per heavy atom. The summed E-state index contributed by atoms with van der Waals surface area (Å²) in [4.78, 5) is 11.2. The van der Waals surface area contributed by atoms with E-state index in [2.05, 4.69) is 0 Å². The fourth-order valence-corrected chi connectivity index (χ4v) is 1.56. The minimum atomic E-state index is -1.53. The Balaban J connectivity index is 2.62. The van der Waals surface area contributed by atoms with Gasteiger partial charge in [0.2, 0.25) is 6.29 Å². The van der Waals surface area contributed by atoms with E-state index in [4.69, 9.17) is 14.6 Å². The Bertz CT molecular complexity index is 255. The van der Waals surface area contributed by atoms with Crippen LogP contribution in [0.25, 0.3) is 0 Å². The minimum Gasteiger partial charge on any atom is -0.433 e. The first-order valence-electron chi connectivity index (χ1n) is 5.51. The average molecular weight is 250 g/mol. The van der Waals surface area contributed by atoms with Crippen molar-refractivity contribution in [1.29, 1.82) is 0 Å². The molecule has 1 saturated heterocycles. The molecule has 0 radical (unpaired) electrons. The second-order valence-corrected chi connectivity index (χ2v) is 3.94. The highest BCUT2D eigenvalue weighted by atomic mass is 16.7. The summed E-state index contributed by atoms with van der Waals surface area (Å²) >= 11 is 0. The van der Waals surface area contributed by atoms with Gasteiger partial charge in [-0.15, -0.1) is 0 Å². The number of carbonyl (C=O) groups excluding carboxylic acids is 1. The van der Waals surface area contributed by atoms with E-state index in [1.165, 1.54) is 0 Å². The Hall–Kier alpha value is -0.730. The van der Waals surface area contributed by atoms with Gasteiger partial charge < -0.3 is 29.9 Å². The zero-order chi connectivity index (χ0) is 13.0. The van der Waals surface area contributed by atoms with Crippen LogP contribution in [0.1, 0.15) is 19.8 Å². The third-order valence-corrected chi connectivity index (χ3v) is 2.55. The zero-order valence-corrected chi connectivity index (χ0v) is 9.52. The molecule has 0 aromatic carbocycles. The van der Waals surface area contributed by atoms with Crippen molar-refractivity contribution < 1.29 is 34.7 Å². The first kappa shape index (κ1) is 14.3. The highest BCUT2D eigenvalue weighted by Crippen LogP contribution is 2.22. The molecule has 0 aromatic heterocycles. The van der Waals surface area contributed by atoms with E-state index in [-0.39, 0.29) is 6.42 Å². The Labute approximate surface area is 98.6 Å². The number of carbonyl (C=O) groups is 1. The van der Waals surface area contributed by atoms with Crippen molar-refractivity contribution in [2.45, 2.75) is 50.5 Å². The van der Waals surface area contributed by atoms with Crippen molar-refractivity contribution in [3.05, 3.63) is 0 Å². The van der Waals surface area contributed by atoms with Crippen molar-refractivity contribution in [2.75, 3.05) is 6.61 Å². The molecule has 7 nitrogen and oxygen atoms in total. The lowest BCUT2D eigenvalue weighted by Gasteiger charge is -2.39. The largest absolute Gasteiger partial charge is 0.433 e. The number of hydrogen-bond acceptors (Lipinski definition) is 7. The maximum atomic E-state index is 11.2. The lowest BCUT2D eigenvalue weighted by Crippen LogP contribution is -2.59. The first-order chi connectivity index (χ1) is 8.01. The van der Waals surface area contributed by atoms with E-state index in [0.29, 0.717) is 6.42 Å². The minimum absolute atomic E-state index is 0.162. The average Bonchev–Trinajstić information content (AvgIpc) is 2.30. The second kappa shape index (κ2) is 6.27. The van der Waals surface area contributed by atoms with Crippen LogP contribution in [-0.2, 0) is 14.3 Å². The number of esters is 1. The molecule has 1 heterocycles. The molecule has 1 fully saturated rings. The van der Waals surface area contributed by atoms with Crippen LogP contribution in [0.2, 0.25) is 0 Å². The highest BCUT2D eigenvalue weighted by Gasteiger charge is 2.45. The van der Waals surface area contributed by atoms with Crippen LogP contribution in [0, 0.1) is 0 Å². The summed E-state index contributed by atoms with van der Waals surface area (Å²) in [7, 11) is 0. The van der Waals surface area contributed by atoms with Crippen LogP contribution >= 0.6 is 0 Å². The molecule has 17 heavy (non-hydrogen) atoms. The van der Waals surface area contributed by atoms with Gasteiger partial charge in [0.15, 0.2) is 0 Å². The Morgan fingerprint density at radius 3 is 2.41 bits per heavy atom. The molecule has 0 spiro atoms. The van der Waals surface area contributed by atoms with Gasteiger partial charge in [0.05, 0.1) is 6.61 Å². The van der Waals surface area contributed by atoms with Crippen LogP contribution in [0.15, 0.2) is 0 Å². The van der Waals surface area contributed by atoms with E-state index in [1.807, 2.05) is 0 Å². The fraction of sp³-hybridized carbons (Fsp3) is 0.900. The molecular formula is C10H18O7. The highest BCUT2D eigenvalue weighted by molar-refractivity contribution is 5.69. The van der Waals surface area contributed by atoms with Crippen molar-refractivity contribution in [3.63, 3.8) is 0 Å². The summed E-state index contributed by atoms with van der Waals surface area (Å²) in [6.07, 6.45) is -6.20. The van der Waals surface area contributed by atoms with Gasteiger partial charge in [0.1, 0.15) is 24.4 Å². The second-order valence-electron chi connectivity index (χ2n) is 3.94. The van der Waals surface area contributed by atoms with Gasteiger partial charge in [0.25, 0.3) is 0 Å². The molecule has 1 aliphatic heterocycles. The lowest BCUT2D eigenvalue weighted by atomic mass is 9.99. The zero-order valence-electron chi connectivity index (χ0n) is 9.52. The summed E-state index contributed by atoms with van der Waals surface area (Å²) in [5.41, 5.74) is 0. The summed E-state index contributed by atoms with van der Waals surface area (Å²) in [5, 5.41) is 37.4. The number of aliphatic hydroxyl groups excluding tert-OH is 4. The van der Waals surface area contributed by atoms with Gasteiger partial charge in [-0.05, 0) is 6.42 Å². The molecule has 5 atom stereocenters. The number of ether oxygens (including phenoxy) is 2.